The summed E-state index contributed by atoms with van der Waals surface area (Å²) < 4.78 is 47.0. The predicted octanol–water partition coefficient (Wildman–Crippen LogP) is 5.16. The van der Waals surface area contributed by atoms with E-state index in [9.17, 15) is 27.9 Å². The Morgan fingerprint density at radius 3 is 2.59 bits per heavy atom. The van der Waals surface area contributed by atoms with Crippen molar-refractivity contribution in [3.63, 3.8) is 0 Å². The van der Waals surface area contributed by atoms with Crippen molar-refractivity contribution in [1.29, 1.82) is 0 Å². The number of piperazine rings is 1. The molecule has 2 saturated carbocycles. The molecule has 15 heteroatoms. The number of carbonyl (C=O) groups excluding carboxylic acids is 2. The average molecular weight is 696 g/mol. The molecular weight excluding hydrogens is 659 g/mol. The highest BCUT2D eigenvalue weighted by molar-refractivity contribution is 7.22. The topological polar surface area (TPSA) is 134 Å². The number of thiazole rings is 1. The van der Waals surface area contributed by atoms with E-state index in [-0.39, 0.29) is 36.6 Å². The van der Waals surface area contributed by atoms with Crippen LogP contribution in [0.3, 0.4) is 0 Å². The summed E-state index contributed by atoms with van der Waals surface area (Å²) in [7, 11) is 0. The van der Waals surface area contributed by atoms with Gasteiger partial charge in [-0.05, 0) is 68.9 Å². The number of aliphatic hydroxyl groups excluding tert-OH is 1. The number of pyridine rings is 1. The molecule has 1 saturated heterocycles. The molecule has 3 atom stereocenters. The van der Waals surface area contributed by atoms with E-state index in [4.69, 9.17) is 4.74 Å². The summed E-state index contributed by atoms with van der Waals surface area (Å²) in [6, 6.07) is 8.43. The number of fused-ring (bicyclic) bond motifs is 1. The van der Waals surface area contributed by atoms with E-state index in [0.29, 0.717) is 43.4 Å². The minimum atomic E-state index is -4.71. The van der Waals surface area contributed by atoms with Crippen molar-refractivity contribution in [2.24, 2.45) is 5.92 Å². The molecule has 4 heterocycles. The number of ether oxygens (including phenoxy) is 1. The van der Waals surface area contributed by atoms with E-state index in [2.05, 4.69) is 30.2 Å². The lowest BCUT2D eigenvalue weighted by atomic mass is 9.78. The molecule has 2 aliphatic carbocycles. The van der Waals surface area contributed by atoms with Crippen molar-refractivity contribution in [2.45, 2.75) is 76.1 Å². The zero-order valence-electron chi connectivity index (χ0n) is 26.8. The maximum Gasteiger partial charge on any atom is 0.434 e. The van der Waals surface area contributed by atoms with Gasteiger partial charge in [0.25, 0.3) is 5.91 Å². The number of rotatable bonds is 8. The van der Waals surface area contributed by atoms with Crippen LogP contribution < -0.4 is 5.32 Å². The Morgan fingerprint density at radius 2 is 1.88 bits per heavy atom. The van der Waals surface area contributed by atoms with Crippen molar-refractivity contribution < 1.29 is 32.6 Å². The average Bonchev–Trinajstić information content (AvgIpc) is 3.67. The van der Waals surface area contributed by atoms with Crippen LogP contribution >= 0.6 is 11.3 Å². The number of carbonyl (C=O) groups is 2. The first-order valence-corrected chi connectivity index (χ1v) is 17.2. The van der Waals surface area contributed by atoms with E-state index in [1.165, 1.54) is 28.4 Å². The van der Waals surface area contributed by atoms with E-state index in [0.717, 1.165) is 46.8 Å². The summed E-state index contributed by atoms with van der Waals surface area (Å²) in [5.41, 5.74) is 0.930. The lowest BCUT2D eigenvalue weighted by molar-refractivity contribution is -0.141. The van der Waals surface area contributed by atoms with Crippen LogP contribution in [0.5, 0.6) is 0 Å². The summed E-state index contributed by atoms with van der Waals surface area (Å²) in [5, 5.41) is 13.4. The van der Waals surface area contributed by atoms with Gasteiger partial charge in [0.05, 0.1) is 28.0 Å². The Morgan fingerprint density at radius 1 is 1.08 bits per heavy atom. The van der Waals surface area contributed by atoms with Crippen LogP contribution in [-0.2, 0) is 22.3 Å². The number of aliphatic hydroxyl groups is 1. The van der Waals surface area contributed by atoms with Crippen LogP contribution in [-0.4, -0.2) is 90.6 Å². The third-order valence-corrected chi connectivity index (χ3v) is 10.7. The van der Waals surface area contributed by atoms with Crippen LogP contribution in [0, 0.1) is 5.92 Å². The largest absolute Gasteiger partial charge is 0.434 e. The van der Waals surface area contributed by atoms with Gasteiger partial charge in [0.1, 0.15) is 6.61 Å². The molecule has 7 rings (SSSR count). The molecule has 1 aromatic carbocycles. The van der Waals surface area contributed by atoms with Gasteiger partial charge in [-0.2, -0.15) is 13.2 Å². The van der Waals surface area contributed by atoms with Crippen molar-refractivity contribution >= 4 is 38.5 Å². The van der Waals surface area contributed by atoms with Crippen LogP contribution in [0.15, 0.2) is 48.9 Å². The second-order valence-corrected chi connectivity index (χ2v) is 14.0. The number of alkyl halides is 3. The van der Waals surface area contributed by atoms with Gasteiger partial charge in [-0.1, -0.05) is 17.4 Å². The number of amides is 2. The Hall–Kier alpha value is -4.05. The van der Waals surface area contributed by atoms with E-state index < -0.39 is 29.4 Å². The van der Waals surface area contributed by atoms with Gasteiger partial charge in [-0.15, -0.1) is 0 Å². The van der Waals surface area contributed by atoms with Crippen LogP contribution in [0.2, 0.25) is 0 Å². The molecule has 49 heavy (non-hydrogen) atoms. The Kier molecular flexibility index (Phi) is 9.35. The molecule has 2 N–H and O–H groups in total. The second kappa shape index (κ2) is 13.7. The Balaban J connectivity index is 0.904. The summed E-state index contributed by atoms with van der Waals surface area (Å²) in [6.45, 7) is 3.31. The fourth-order valence-electron chi connectivity index (χ4n) is 6.97. The molecule has 0 radical (unpaired) electrons. The number of aromatic nitrogens is 4. The quantitative estimate of drug-likeness (QED) is 0.257. The molecule has 2 amide bonds. The Labute approximate surface area is 284 Å². The van der Waals surface area contributed by atoms with Gasteiger partial charge in [0.2, 0.25) is 5.91 Å². The fraction of sp³-hybridized carbons (Fsp3) is 0.471. The lowest BCUT2D eigenvalue weighted by Gasteiger charge is -2.49. The number of anilines is 1. The number of benzene rings is 1. The molecule has 0 bridgehead atoms. The van der Waals surface area contributed by atoms with Gasteiger partial charge < -0.3 is 20.1 Å². The highest BCUT2D eigenvalue weighted by Crippen LogP contribution is 2.37. The number of hydrogen-bond acceptors (Lipinski definition) is 10. The van der Waals surface area contributed by atoms with Gasteiger partial charge in [-0.25, -0.2) is 15.0 Å². The summed E-state index contributed by atoms with van der Waals surface area (Å²) in [4.78, 5) is 46.7. The first-order chi connectivity index (χ1) is 23.5. The van der Waals surface area contributed by atoms with Crippen molar-refractivity contribution in [3.8, 4) is 11.1 Å². The van der Waals surface area contributed by atoms with Gasteiger partial charge in [-0.3, -0.25) is 19.5 Å². The molecule has 258 valence electrons. The van der Waals surface area contributed by atoms with Crippen LogP contribution in [0.1, 0.15) is 60.9 Å². The van der Waals surface area contributed by atoms with Crippen molar-refractivity contribution in [1.82, 2.24) is 29.7 Å². The van der Waals surface area contributed by atoms with Gasteiger partial charge >= 0.3 is 6.18 Å². The molecule has 4 aromatic rings. The SMILES string of the molecule is C[C@H]1CN(C(=O)c2cccnc2C(F)(F)F)CCN1[C@H]1C[C@@H](C(=O)Nc2nc3ccc(-c4cnc(CO[C@H]5CCC[C@@H]5O)nc4)cc3s2)C1. The van der Waals surface area contributed by atoms with Crippen LogP contribution in [0.4, 0.5) is 18.3 Å². The number of nitrogens with zero attached hydrogens (tertiary/aromatic N) is 6. The minimum Gasteiger partial charge on any atom is -0.390 e. The monoisotopic (exact) mass is 695 g/mol. The third-order valence-electron chi connectivity index (χ3n) is 9.73. The highest BCUT2D eigenvalue weighted by atomic mass is 32.1. The second-order valence-electron chi connectivity index (χ2n) is 13.0. The lowest BCUT2D eigenvalue weighted by Crippen LogP contribution is -2.60. The zero-order chi connectivity index (χ0) is 34.3. The molecule has 0 spiro atoms. The Bertz CT molecular complexity index is 1830. The molecule has 0 unspecified atom stereocenters. The smallest absolute Gasteiger partial charge is 0.390 e. The number of hydrogen-bond donors (Lipinski definition) is 2. The van der Waals surface area contributed by atoms with E-state index in [1.807, 2.05) is 25.1 Å². The minimum absolute atomic E-state index is 0.0722. The normalized spacial score (nSPS) is 24.6. The summed E-state index contributed by atoms with van der Waals surface area (Å²) in [5.74, 6) is -0.389. The van der Waals surface area contributed by atoms with Gasteiger partial charge in [0, 0.05) is 61.8 Å². The van der Waals surface area contributed by atoms with Gasteiger partial charge in [0.15, 0.2) is 16.6 Å². The maximum atomic E-state index is 13.4. The first-order valence-electron chi connectivity index (χ1n) is 16.4. The molecule has 3 aromatic heterocycles. The molecule has 3 aliphatic rings. The van der Waals surface area contributed by atoms with Crippen LogP contribution in [0.25, 0.3) is 21.3 Å². The van der Waals surface area contributed by atoms with E-state index >= 15 is 0 Å². The molecule has 11 nitrogen and oxygen atoms in total. The van der Waals surface area contributed by atoms with Crippen molar-refractivity contribution in [2.75, 3.05) is 25.0 Å². The standard InChI is InChI=1S/C34H36F3N7O4S/c1-19-17-43(32(47)24-4-3-9-38-30(24)34(35,36)37)10-11-44(19)23-12-21(13-23)31(46)42-33-41-25-8-7-20(14-28(25)49-33)22-15-39-29(40-16-22)18-48-27-6-2-5-26(27)45/h3-4,7-9,14-16,19,21,23,26-27,45H,2,5-6,10-13,17-18H2,1H3,(H,41,42,46)/t19-,21-,23+,26-,27-/m0/s1. The molecular formula is C34H36F3N7O4S. The first kappa shape index (κ1) is 33.4. The number of nitrogens with one attached hydrogen (secondary N) is 1. The number of halogens is 3. The molecule has 1 aliphatic heterocycles. The predicted molar refractivity (Wildman–Crippen MR) is 176 cm³/mol. The zero-order valence-corrected chi connectivity index (χ0v) is 27.6. The fourth-order valence-corrected chi connectivity index (χ4v) is 7.88. The summed E-state index contributed by atoms with van der Waals surface area (Å²) >= 11 is 1.39. The maximum absolute atomic E-state index is 13.4. The third kappa shape index (κ3) is 7.16. The molecule has 3 fully saturated rings. The van der Waals surface area contributed by atoms with E-state index in [1.54, 1.807) is 12.4 Å². The van der Waals surface area contributed by atoms with Crippen molar-refractivity contribution in [3.05, 3.63) is 66.0 Å². The highest BCUT2D eigenvalue weighted by Gasteiger charge is 2.43. The summed E-state index contributed by atoms with van der Waals surface area (Å²) in [6.07, 6.45) is 3.10.